The molecule has 3 rings (SSSR count). The molecule has 2 N–H and O–H groups in total. The summed E-state index contributed by atoms with van der Waals surface area (Å²) < 4.78 is 1.48. The van der Waals surface area contributed by atoms with Gasteiger partial charge in [-0.2, -0.15) is 5.10 Å². The van der Waals surface area contributed by atoms with Crippen LogP contribution in [0.4, 0.5) is 0 Å². The van der Waals surface area contributed by atoms with Gasteiger partial charge in [0.25, 0.3) is 0 Å². The van der Waals surface area contributed by atoms with E-state index in [4.69, 9.17) is 0 Å². The number of aliphatic carboxylic acids is 1. The quantitative estimate of drug-likeness (QED) is 0.785. The summed E-state index contributed by atoms with van der Waals surface area (Å²) in [6, 6.07) is 0. The van der Waals surface area contributed by atoms with Crippen molar-refractivity contribution in [1.29, 1.82) is 0 Å². The summed E-state index contributed by atoms with van der Waals surface area (Å²) in [5.41, 5.74) is 1.22. The first-order valence-corrected chi connectivity index (χ1v) is 8.99. The fraction of sp³-hybridized carbons (Fsp3) is 0.412. The third kappa shape index (κ3) is 4.33. The molecule has 1 aliphatic carbocycles. The van der Waals surface area contributed by atoms with Gasteiger partial charge >= 0.3 is 5.97 Å². The van der Waals surface area contributed by atoms with Crippen LogP contribution in [0.2, 0.25) is 0 Å². The molecule has 0 saturated heterocycles. The zero-order chi connectivity index (χ0) is 17.8. The van der Waals surface area contributed by atoms with E-state index in [-0.39, 0.29) is 18.0 Å². The van der Waals surface area contributed by atoms with Crippen molar-refractivity contribution in [2.45, 2.75) is 44.9 Å². The second-order valence-corrected chi connectivity index (χ2v) is 7.16. The largest absolute Gasteiger partial charge is 0.505 e. The Hall–Kier alpha value is -2.48. The molecule has 25 heavy (non-hydrogen) atoms. The minimum Gasteiger partial charge on any atom is -0.505 e. The van der Waals surface area contributed by atoms with Crippen molar-refractivity contribution < 1.29 is 19.8 Å². The summed E-state index contributed by atoms with van der Waals surface area (Å²) in [5, 5.41) is 23.2. The number of Topliss-reactive ketones (excluding diaryl/α,β-unsaturated/α-hetero) is 1. The van der Waals surface area contributed by atoms with Crippen LogP contribution >= 0.6 is 11.3 Å². The number of nitrogens with zero attached hydrogens (tertiary/aromatic N) is 3. The fourth-order valence-corrected chi connectivity index (χ4v) is 3.79. The Kier molecular flexibility index (Phi) is 5.28. The zero-order valence-electron chi connectivity index (χ0n) is 13.6. The average molecular weight is 361 g/mol. The van der Waals surface area contributed by atoms with E-state index in [0.717, 1.165) is 23.3 Å². The van der Waals surface area contributed by atoms with E-state index in [1.54, 1.807) is 6.20 Å². The second kappa shape index (κ2) is 7.60. The van der Waals surface area contributed by atoms with Gasteiger partial charge in [-0.1, -0.05) is 16.9 Å². The molecule has 0 spiro atoms. The molecule has 2 aromatic heterocycles. The molecule has 0 amide bonds. The molecule has 8 heteroatoms. The number of aromatic hydroxyl groups is 1. The maximum atomic E-state index is 12.2. The van der Waals surface area contributed by atoms with Gasteiger partial charge in [0.1, 0.15) is 5.78 Å². The lowest BCUT2D eigenvalue weighted by Gasteiger charge is -2.17. The normalized spacial score (nSPS) is 14.7. The number of thiazole rings is 1. The van der Waals surface area contributed by atoms with Crippen molar-refractivity contribution in [3.05, 3.63) is 34.6 Å². The number of aryl methyl sites for hydroxylation is 1. The number of hydrogen-bond acceptors (Lipinski definition) is 6. The van der Waals surface area contributed by atoms with Crippen molar-refractivity contribution >= 4 is 23.1 Å². The van der Waals surface area contributed by atoms with Crippen molar-refractivity contribution in [2.24, 2.45) is 0 Å². The number of carbonyl (C=O) groups excluding carboxylic acids is 1. The van der Waals surface area contributed by atoms with E-state index in [1.807, 2.05) is 0 Å². The van der Waals surface area contributed by atoms with Crippen LogP contribution in [-0.2, 0) is 16.0 Å². The second-order valence-electron chi connectivity index (χ2n) is 6.06. The molecule has 0 saturated carbocycles. The molecule has 0 radical (unpaired) electrons. The van der Waals surface area contributed by atoms with Crippen molar-refractivity contribution in [1.82, 2.24) is 14.8 Å². The highest BCUT2D eigenvalue weighted by Gasteiger charge is 2.20. The molecule has 0 atom stereocenters. The van der Waals surface area contributed by atoms with Crippen molar-refractivity contribution in [3.8, 4) is 10.9 Å². The Morgan fingerprint density at radius 1 is 1.24 bits per heavy atom. The number of allylic oxidation sites excluding steroid dienone is 1. The molecule has 7 nitrogen and oxygen atoms in total. The van der Waals surface area contributed by atoms with Gasteiger partial charge < -0.3 is 10.2 Å². The summed E-state index contributed by atoms with van der Waals surface area (Å²) in [6.45, 7) is 0. The molecule has 2 heterocycles. The lowest BCUT2D eigenvalue weighted by atomic mass is 9.88. The van der Waals surface area contributed by atoms with Crippen LogP contribution in [0, 0.1) is 0 Å². The van der Waals surface area contributed by atoms with Crippen LogP contribution in [0.15, 0.2) is 29.7 Å². The molecular formula is C17H19N3O4S. The monoisotopic (exact) mass is 361 g/mol. The highest BCUT2D eigenvalue weighted by atomic mass is 32.1. The smallest absolute Gasteiger partial charge is 0.331 e. The molecular weight excluding hydrogens is 342 g/mol. The Labute approximate surface area is 148 Å². The van der Waals surface area contributed by atoms with Gasteiger partial charge in [0.05, 0.1) is 12.4 Å². The van der Waals surface area contributed by atoms with Gasteiger partial charge in [0.15, 0.2) is 5.75 Å². The molecule has 0 fully saturated rings. The van der Waals surface area contributed by atoms with E-state index in [9.17, 15) is 19.8 Å². The van der Waals surface area contributed by atoms with Gasteiger partial charge in [-0.15, -0.1) is 0 Å². The number of hydrogen-bond donors (Lipinski definition) is 2. The molecule has 0 aromatic carbocycles. The molecule has 1 aliphatic rings. The van der Waals surface area contributed by atoms with E-state index in [0.29, 0.717) is 36.4 Å². The molecule has 0 aliphatic heterocycles. The first-order chi connectivity index (χ1) is 12.0. The minimum atomic E-state index is -0.892. The lowest BCUT2D eigenvalue weighted by Crippen LogP contribution is -2.12. The summed E-state index contributed by atoms with van der Waals surface area (Å²) in [4.78, 5) is 28.7. The van der Waals surface area contributed by atoms with Crippen LogP contribution in [0.25, 0.3) is 5.13 Å². The van der Waals surface area contributed by atoms with Gasteiger partial charge in [-0.3, -0.25) is 4.79 Å². The highest BCUT2D eigenvalue weighted by Crippen LogP contribution is 2.28. The summed E-state index contributed by atoms with van der Waals surface area (Å²) in [5.74, 6) is -0.763. The first kappa shape index (κ1) is 17.3. The van der Waals surface area contributed by atoms with E-state index in [1.165, 1.54) is 28.4 Å². The zero-order valence-corrected chi connectivity index (χ0v) is 14.5. The van der Waals surface area contributed by atoms with Crippen LogP contribution in [0.5, 0.6) is 5.75 Å². The Balaban J connectivity index is 1.57. The summed E-state index contributed by atoms with van der Waals surface area (Å²) in [7, 11) is 0. The van der Waals surface area contributed by atoms with E-state index in [2.05, 4.69) is 10.1 Å². The maximum absolute atomic E-state index is 12.2. The number of ketones is 1. The third-order valence-electron chi connectivity index (χ3n) is 4.21. The standard InChI is InChI=1S/C17H19N3O4S/c21-12(7-11-3-1-2-4-15(11)16(23)24)5-6-14-9-18-17(25-14)20-10-13(22)8-19-20/h8-10,22H,1-7H2,(H,23,24). The van der Waals surface area contributed by atoms with E-state index < -0.39 is 5.97 Å². The fourth-order valence-electron chi connectivity index (χ4n) is 2.95. The Morgan fingerprint density at radius 2 is 2.04 bits per heavy atom. The number of carbonyl (C=O) groups is 2. The number of aromatic nitrogens is 3. The van der Waals surface area contributed by atoms with Crippen LogP contribution < -0.4 is 0 Å². The number of carboxylic acid groups (broad SMARTS) is 1. The van der Waals surface area contributed by atoms with Crippen LogP contribution in [-0.4, -0.2) is 36.7 Å². The minimum absolute atomic E-state index is 0.0577. The summed E-state index contributed by atoms with van der Waals surface area (Å²) >= 11 is 1.41. The Morgan fingerprint density at radius 3 is 2.76 bits per heavy atom. The topological polar surface area (TPSA) is 105 Å². The van der Waals surface area contributed by atoms with Gasteiger partial charge in [-0.05, 0) is 32.1 Å². The number of rotatable bonds is 7. The average Bonchev–Trinajstić information content (AvgIpc) is 3.22. The Bertz CT molecular complexity index is 821. The van der Waals surface area contributed by atoms with Crippen molar-refractivity contribution in [3.63, 3.8) is 0 Å². The number of carboxylic acids is 1. The predicted octanol–water partition coefficient (Wildman–Crippen LogP) is 2.88. The first-order valence-electron chi connectivity index (χ1n) is 8.17. The predicted molar refractivity (Wildman–Crippen MR) is 92.0 cm³/mol. The lowest BCUT2D eigenvalue weighted by molar-refractivity contribution is -0.133. The van der Waals surface area contributed by atoms with Crippen LogP contribution in [0.1, 0.15) is 43.4 Å². The van der Waals surface area contributed by atoms with Gasteiger partial charge in [-0.25, -0.2) is 14.5 Å². The third-order valence-corrected chi connectivity index (χ3v) is 5.25. The molecule has 0 unspecified atom stereocenters. The van der Waals surface area contributed by atoms with Gasteiger partial charge in [0.2, 0.25) is 5.13 Å². The van der Waals surface area contributed by atoms with Gasteiger partial charge in [0, 0.05) is 29.5 Å². The highest BCUT2D eigenvalue weighted by molar-refractivity contribution is 7.14. The van der Waals surface area contributed by atoms with Crippen molar-refractivity contribution in [2.75, 3.05) is 0 Å². The molecule has 132 valence electrons. The van der Waals surface area contributed by atoms with Crippen LogP contribution in [0.3, 0.4) is 0 Å². The SMILES string of the molecule is O=C(CCc1cnc(-n2cc(O)cn2)s1)CC1=C(C(=O)O)CCCC1. The maximum Gasteiger partial charge on any atom is 0.331 e. The molecule has 0 bridgehead atoms. The summed E-state index contributed by atoms with van der Waals surface area (Å²) in [6.07, 6.45) is 8.78. The van der Waals surface area contributed by atoms with E-state index >= 15 is 0 Å². The molecule has 2 aromatic rings.